The van der Waals surface area contributed by atoms with Crippen molar-refractivity contribution in [3.63, 3.8) is 0 Å². The highest BCUT2D eigenvalue weighted by atomic mass is 19.1. The van der Waals surface area contributed by atoms with Gasteiger partial charge in [0.25, 0.3) is 5.91 Å². The van der Waals surface area contributed by atoms with Crippen LogP contribution in [0, 0.1) is 5.82 Å². The lowest BCUT2D eigenvalue weighted by Gasteiger charge is -2.25. The molecule has 24 heavy (non-hydrogen) atoms. The van der Waals surface area contributed by atoms with Crippen LogP contribution in [0.3, 0.4) is 0 Å². The van der Waals surface area contributed by atoms with Gasteiger partial charge in [0.05, 0.1) is 20.3 Å². The van der Waals surface area contributed by atoms with Crippen molar-refractivity contribution < 1.29 is 18.7 Å². The lowest BCUT2D eigenvalue weighted by molar-refractivity contribution is 0.0735. The van der Waals surface area contributed by atoms with Crippen molar-refractivity contribution in [3.05, 3.63) is 59.4 Å². The molecule has 3 rings (SSSR count). The fourth-order valence-electron chi connectivity index (χ4n) is 3.21. The van der Waals surface area contributed by atoms with Crippen LogP contribution in [0.2, 0.25) is 0 Å². The van der Waals surface area contributed by atoms with E-state index >= 15 is 0 Å². The standard InChI is InChI=1S/C19H20FNO3/c1-23-17-9-8-14(12-18(17)24-2)19(22)21-10-4-7-16(21)13-5-3-6-15(20)11-13/h3,5-6,8-9,11-12,16H,4,7,10H2,1-2H3/t16-/m1/s1. The van der Waals surface area contributed by atoms with Crippen molar-refractivity contribution in [3.8, 4) is 11.5 Å². The van der Waals surface area contributed by atoms with Gasteiger partial charge < -0.3 is 14.4 Å². The Hall–Kier alpha value is -2.56. The zero-order valence-electron chi connectivity index (χ0n) is 13.8. The lowest BCUT2D eigenvalue weighted by atomic mass is 10.0. The summed E-state index contributed by atoms with van der Waals surface area (Å²) in [6, 6.07) is 11.5. The molecule has 0 spiro atoms. The van der Waals surface area contributed by atoms with Crippen molar-refractivity contribution in [1.29, 1.82) is 0 Å². The largest absolute Gasteiger partial charge is 0.493 e. The molecular weight excluding hydrogens is 309 g/mol. The van der Waals surface area contributed by atoms with E-state index in [9.17, 15) is 9.18 Å². The van der Waals surface area contributed by atoms with Gasteiger partial charge in [-0.1, -0.05) is 12.1 Å². The van der Waals surface area contributed by atoms with Crippen LogP contribution in [0.4, 0.5) is 4.39 Å². The predicted octanol–water partition coefficient (Wildman–Crippen LogP) is 3.82. The summed E-state index contributed by atoms with van der Waals surface area (Å²) in [4.78, 5) is 14.7. The zero-order chi connectivity index (χ0) is 17.1. The maximum absolute atomic E-state index is 13.5. The topological polar surface area (TPSA) is 38.8 Å². The van der Waals surface area contributed by atoms with E-state index in [0.29, 0.717) is 23.6 Å². The number of nitrogens with zero attached hydrogens (tertiary/aromatic N) is 1. The molecule has 4 nitrogen and oxygen atoms in total. The minimum atomic E-state index is -0.280. The molecule has 2 aromatic carbocycles. The van der Waals surface area contributed by atoms with Crippen LogP contribution in [0.25, 0.3) is 0 Å². The van der Waals surface area contributed by atoms with E-state index < -0.39 is 0 Å². The van der Waals surface area contributed by atoms with Crippen LogP contribution >= 0.6 is 0 Å². The maximum Gasteiger partial charge on any atom is 0.254 e. The highest BCUT2D eigenvalue weighted by molar-refractivity contribution is 5.95. The molecule has 1 amide bonds. The average Bonchev–Trinajstić information content (AvgIpc) is 3.10. The number of benzene rings is 2. The van der Waals surface area contributed by atoms with Crippen LogP contribution in [-0.2, 0) is 0 Å². The third-order valence-electron chi connectivity index (χ3n) is 4.38. The second-order valence-corrected chi connectivity index (χ2v) is 5.78. The summed E-state index contributed by atoms with van der Waals surface area (Å²) in [5.74, 6) is 0.739. The molecule has 2 aromatic rings. The molecular formula is C19H20FNO3. The van der Waals surface area contributed by atoms with Gasteiger partial charge in [0.15, 0.2) is 11.5 Å². The van der Waals surface area contributed by atoms with Gasteiger partial charge in [-0.05, 0) is 48.7 Å². The van der Waals surface area contributed by atoms with Crippen molar-refractivity contribution in [1.82, 2.24) is 4.90 Å². The highest BCUT2D eigenvalue weighted by Crippen LogP contribution is 2.35. The van der Waals surface area contributed by atoms with Crippen LogP contribution in [-0.4, -0.2) is 31.6 Å². The van der Waals surface area contributed by atoms with E-state index in [-0.39, 0.29) is 17.8 Å². The highest BCUT2D eigenvalue weighted by Gasteiger charge is 2.31. The van der Waals surface area contributed by atoms with Crippen LogP contribution in [0.15, 0.2) is 42.5 Å². The normalized spacial score (nSPS) is 17.0. The predicted molar refractivity (Wildman–Crippen MR) is 89.0 cm³/mol. The number of hydrogen-bond acceptors (Lipinski definition) is 3. The number of amides is 1. The molecule has 0 saturated carbocycles. The Morgan fingerprint density at radius 2 is 1.92 bits per heavy atom. The molecule has 0 unspecified atom stereocenters. The van der Waals surface area contributed by atoms with Crippen LogP contribution in [0.1, 0.15) is 34.8 Å². The molecule has 1 aliphatic rings. The van der Waals surface area contributed by atoms with Gasteiger partial charge >= 0.3 is 0 Å². The smallest absolute Gasteiger partial charge is 0.254 e. The van der Waals surface area contributed by atoms with E-state index in [1.807, 2.05) is 6.07 Å². The molecule has 0 aromatic heterocycles. The van der Waals surface area contributed by atoms with Crippen molar-refractivity contribution in [2.24, 2.45) is 0 Å². The Balaban J connectivity index is 1.88. The third kappa shape index (κ3) is 3.07. The number of likely N-dealkylation sites (tertiary alicyclic amines) is 1. The summed E-state index contributed by atoms with van der Waals surface area (Å²) in [7, 11) is 3.09. The number of ether oxygens (including phenoxy) is 2. The van der Waals surface area contributed by atoms with E-state index in [1.165, 1.54) is 19.2 Å². The quantitative estimate of drug-likeness (QED) is 0.856. The van der Waals surface area contributed by atoms with Crippen molar-refractivity contribution in [2.75, 3.05) is 20.8 Å². The molecule has 0 N–H and O–H groups in total. The summed E-state index contributed by atoms with van der Waals surface area (Å²) in [5, 5.41) is 0. The van der Waals surface area contributed by atoms with Gasteiger partial charge in [0, 0.05) is 12.1 Å². The first-order valence-electron chi connectivity index (χ1n) is 7.92. The van der Waals surface area contributed by atoms with E-state index in [2.05, 4.69) is 0 Å². The number of hydrogen-bond donors (Lipinski definition) is 0. The molecule has 0 bridgehead atoms. The number of carbonyl (C=O) groups excluding carboxylic acids is 1. The third-order valence-corrected chi connectivity index (χ3v) is 4.38. The Morgan fingerprint density at radius 3 is 2.62 bits per heavy atom. The van der Waals surface area contributed by atoms with Gasteiger partial charge in [-0.25, -0.2) is 4.39 Å². The summed E-state index contributed by atoms with van der Waals surface area (Å²) in [6.07, 6.45) is 1.74. The molecule has 0 radical (unpaired) electrons. The van der Waals surface area contributed by atoms with Crippen molar-refractivity contribution in [2.45, 2.75) is 18.9 Å². The summed E-state index contributed by atoms with van der Waals surface area (Å²) in [6.45, 7) is 0.661. The first kappa shape index (κ1) is 16.3. The second-order valence-electron chi connectivity index (χ2n) is 5.78. The van der Waals surface area contributed by atoms with E-state index in [1.54, 1.807) is 36.3 Å². The monoisotopic (exact) mass is 329 g/mol. The Bertz CT molecular complexity index is 747. The van der Waals surface area contributed by atoms with Crippen LogP contribution in [0.5, 0.6) is 11.5 Å². The van der Waals surface area contributed by atoms with Gasteiger partial charge in [-0.2, -0.15) is 0 Å². The maximum atomic E-state index is 13.5. The molecule has 126 valence electrons. The van der Waals surface area contributed by atoms with Gasteiger partial charge in [-0.3, -0.25) is 4.79 Å². The Morgan fingerprint density at radius 1 is 1.12 bits per heavy atom. The molecule has 1 heterocycles. The Kier molecular flexibility index (Phi) is 4.69. The number of halogens is 1. The van der Waals surface area contributed by atoms with Crippen molar-refractivity contribution >= 4 is 5.91 Å². The number of methoxy groups -OCH3 is 2. The SMILES string of the molecule is COc1ccc(C(=O)N2CCC[C@@H]2c2cccc(F)c2)cc1OC. The fraction of sp³-hybridized carbons (Fsp3) is 0.316. The Labute approximate surface area is 140 Å². The molecule has 0 aliphatic carbocycles. The molecule has 1 fully saturated rings. The average molecular weight is 329 g/mol. The van der Waals surface area contributed by atoms with Gasteiger partial charge in [0.1, 0.15) is 5.82 Å². The first-order chi connectivity index (χ1) is 11.6. The first-order valence-corrected chi connectivity index (χ1v) is 7.92. The fourth-order valence-corrected chi connectivity index (χ4v) is 3.21. The van der Waals surface area contributed by atoms with E-state index in [0.717, 1.165) is 18.4 Å². The van der Waals surface area contributed by atoms with Crippen LogP contribution < -0.4 is 9.47 Å². The zero-order valence-corrected chi connectivity index (χ0v) is 13.8. The van der Waals surface area contributed by atoms with Gasteiger partial charge in [0.2, 0.25) is 0 Å². The molecule has 5 heteroatoms. The number of rotatable bonds is 4. The second kappa shape index (κ2) is 6.91. The number of carbonyl (C=O) groups is 1. The molecule has 1 saturated heterocycles. The van der Waals surface area contributed by atoms with Gasteiger partial charge in [-0.15, -0.1) is 0 Å². The molecule has 1 atom stereocenters. The molecule has 1 aliphatic heterocycles. The summed E-state index contributed by atoms with van der Waals surface area (Å²) < 4.78 is 24.0. The summed E-state index contributed by atoms with van der Waals surface area (Å²) in [5.41, 5.74) is 1.37. The summed E-state index contributed by atoms with van der Waals surface area (Å²) >= 11 is 0. The minimum absolute atomic E-state index is 0.0808. The minimum Gasteiger partial charge on any atom is -0.493 e. The van der Waals surface area contributed by atoms with E-state index in [4.69, 9.17) is 9.47 Å². The lowest BCUT2D eigenvalue weighted by Crippen LogP contribution is -2.30.